The van der Waals surface area contributed by atoms with E-state index in [2.05, 4.69) is 0 Å². The molecule has 2 N–H and O–H groups in total. The Morgan fingerprint density at radius 3 is 1.90 bits per heavy atom. The van der Waals surface area contributed by atoms with E-state index in [1.54, 1.807) is 24.3 Å². The number of anilines is 1. The van der Waals surface area contributed by atoms with Gasteiger partial charge in [0.05, 0.1) is 29.7 Å². The molecule has 5 nitrogen and oxygen atoms in total. The number of rotatable bonds is 1. The lowest BCUT2D eigenvalue weighted by atomic mass is 9.78. The van der Waals surface area contributed by atoms with Gasteiger partial charge >= 0.3 is 0 Å². The Kier molecular flexibility index (Phi) is 2.35. The Morgan fingerprint density at radius 2 is 1.40 bits per heavy atom. The van der Waals surface area contributed by atoms with Gasteiger partial charge in [-0.25, -0.2) is 0 Å². The molecule has 2 aliphatic carbocycles. The summed E-state index contributed by atoms with van der Waals surface area (Å²) in [5, 5.41) is 19.9. The molecule has 3 aliphatic rings. The van der Waals surface area contributed by atoms with Gasteiger partial charge in [0.2, 0.25) is 11.8 Å². The number of para-hydroxylation sites is 1. The average molecular weight is 273 g/mol. The van der Waals surface area contributed by atoms with E-state index in [0.29, 0.717) is 12.1 Å². The van der Waals surface area contributed by atoms with E-state index in [-0.39, 0.29) is 23.7 Å². The van der Waals surface area contributed by atoms with Crippen LogP contribution in [0.3, 0.4) is 0 Å². The van der Waals surface area contributed by atoms with Gasteiger partial charge in [0.25, 0.3) is 0 Å². The minimum Gasteiger partial charge on any atom is -0.390 e. The topological polar surface area (TPSA) is 77.8 Å². The molecule has 2 bridgehead atoms. The van der Waals surface area contributed by atoms with Crippen LogP contribution in [-0.2, 0) is 9.59 Å². The molecule has 2 saturated carbocycles. The van der Waals surface area contributed by atoms with Crippen molar-refractivity contribution in [1.82, 2.24) is 0 Å². The first-order chi connectivity index (χ1) is 9.61. The summed E-state index contributed by atoms with van der Waals surface area (Å²) in [7, 11) is 0. The highest BCUT2D eigenvalue weighted by Crippen LogP contribution is 2.56. The zero-order valence-corrected chi connectivity index (χ0v) is 10.7. The molecule has 6 atom stereocenters. The Morgan fingerprint density at radius 1 is 0.900 bits per heavy atom. The number of hydrogen-bond donors (Lipinski definition) is 2. The number of amides is 2. The predicted molar refractivity (Wildman–Crippen MR) is 69.5 cm³/mol. The van der Waals surface area contributed by atoms with E-state index in [0.717, 1.165) is 0 Å². The number of nitrogens with zero attached hydrogens (tertiary/aromatic N) is 1. The maximum absolute atomic E-state index is 12.6. The Balaban J connectivity index is 1.75. The molecule has 1 aromatic rings. The van der Waals surface area contributed by atoms with E-state index in [1.165, 1.54) is 4.90 Å². The van der Waals surface area contributed by atoms with Crippen LogP contribution in [0.5, 0.6) is 0 Å². The number of fused-ring (bicyclic) bond motifs is 5. The monoisotopic (exact) mass is 273 g/mol. The summed E-state index contributed by atoms with van der Waals surface area (Å²) in [5.41, 5.74) is 0.570. The second-order valence-electron chi connectivity index (χ2n) is 5.94. The van der Waals surface area contributed by atoms with Crippen molar-refractivity contribution in [2.45, 2.75) is 18.6 Å². The summed E-state index contributed by atoms with van der Waals surface area (Å²) in [6, 6.07) is 8.84. The zero-order valence-electron chi connectivity index (χ0n) is 10.7. The molecule has 5 heteroatoms. The molecule has 1 saturated heterocycles. The number of aliphatic hydroxyl groups excluding tert-OH is 2. The van der Waals surface area contributed by atoms with Gasteiger partial charge in [-0.15, -0.1) is 0 Å². The summed E-state index contributed by atoms with van der Waals surface area (Å²) in [6.07, 6.45) is -1.19. The minimum absolute atomic E-state index is 0.232. The predicted octanol–water partition coefficient (Wildman–Crippen LogP) is 0.164. The van der Waals surface area contributed by atoms with Crippen molar-refractivity contribution in [2.75, 3.05) is 4.90 Å². The second-order valence-corrected chi connectivity index (χ2v) is 5.94. The third-order valence-corrected chi connectivity index (χ3v) is 5.11. The average Bonchev–Trinajstić information content (AvgIpc) is 3.05. The van der Waals surface area contributed by atoms with Crippen LogP contribution < -0.4 is 4.90 Å². The van der Waals surface area contributed by atoms with E-state index in [9.17, 15) is 19.8 Å². The molecule has 1 heterocycles. The molecule has 1 aliphatic heterocycles. The molecule has 0 aromatic heterocycles. The molecule has 3 fully saturated rings. The van der Waals surface area contributed by atoms with Crippen molar-refractivity contribution < 1.29 is 19.8 Å². The summed E-state index contributed by atoms with van der Waals surface area (Å²) < 4.78 is 0. The van der Waals surface area contributed by atoms with E-state index in [4.69, 9.17) is 0 Å². The van der Waals surface area contributed by atoms with Crippen LogP contribution in [0.15, 0.2) is 30.3 Å². The molecule has 2 amide bonds. The van der Waals surface area contributed by atoms with Gasteiger partial charge in [-0.05, 0) is 18.6 Å². The molecule has 20 heavy (non-hydrogen) atoms. The molecule has 4 rings (SSSR count). The standard InChI is InChI=1S/C15H15NO4/c17-12-8-6-9(13(12)18)11-10(8)14(19)16(15(11)20)7-4-2-1-3-5-7/h1-5,8-13,17-18H,6H2/t8-,9+,10-,11+,12-,13+. The quantitative estimate of drug-likeness (QED) is 0.715. The highest BCUT2D eigenvalue weighted by atomic mass is 16.3. The van der Waals surface area contributed by atoms with Crippen molar-refractivity contribution >= 4 is 17.5 Å². The van der Waals surface area contributed by atoms with E-state index in [1.807, 2.05) is 6.07 Å². The third-order valence-electron chi connectivity index (χ3n) is 5.11. The second kappa shape index (κ2) is 3.90. The van der Waals surface area contributed by atoms with E-state index < -0.39 is 24.0 Å². The fourth-order valence-electron chi connectivity index (χ4n) is 4.26. The van der Waals surface area contributed by atoms with Crippen LogP contribution >= 0.6 is 0 Å². The Labute approximate surface area is 115 Å². The maximum Gasteiger partial charge on any atom is 0.238 e. The number of imide groups is 1. The lowest BCUT2D eigenvalue weighted by molar-refractivity contribution is -0.129. The number of carbonyl (C=O) groups is 2. The van der Waals surface area contributed by atoms with Crippen molar-refractivity contribution in [3.63, 3.8) is 0 Å². The summed E-state index contributed by atoms with van der Waals surface area (Å²) in [5.74, 6) is -1.97. The number of carbonyl (C=O) groups excluding carboxylic acids is 2. The third kappa shape index (κ3) is 1.29. The summed E-state index contributed by atoms with van der Waals surface area (Å²) in [4.78, 5) is 26.3. The fourth-order valence-corrected chi connectivity index (χ4v) is 4.26. The van der Waals surface area contributed by atoms with E-state index >= 15 is 0 Å². The van der Waals surface area contributed by atoms with Crippen LogP contribution in [0.25, 0.3) is 0 Å². The van der Waals surface area contributed by atoms with Crippen LogP contribution in [0.1, 0.15) is 6.42 Å². The van der Waals surface area contributed by atoms with Crippen molar-refractivity contribution in [1.29, 1.82) is 0 Å². The van der Waals surface area contributed by atoms with Crippen LogP contribution in [0.4, 0.5) is 5.69 Å². The zero-order chi connectivity index (χ0) is 14.0. The smallest absolute Gasteiger partial charge is 0.238 e. The van der Waals surface area contributed by atoms with Crippen LogP contribution in [-0.4, -0.2) is 34.2 Å². The molecular formula is C15H15NO4. The van der Waals surface area contributed by atoms with Crippen molar-refractivity contribution in [3.8, 4) is 0 Å². The molecule has 0 spiro atoms. The summed E-state index contributed by atoms with van der Waals surface area (Å²) >= 11 is 0. The van der Waals surface area contributed by atoms with Gasteiger partial charge in [0.1, 0.15) is 0 Å². The maximum atomic E-state index is 12.6. The molecule has 0 unspecified atom stereocenters. The number of hydrogen-bond acceptors (Lipinski definition) is 4. The Bertz CT molecular complexity index is 555. The van der Waals surface area contributed by atoms with Gasteiger partial charge in [-0.3, -0.25) is 14.5 Å². The Hall–Kier alpha value is -1.72. The van der Waals surface area contributed by atoms with Gasteiger partial charge in [-0.1, -0.05) is 18.2 Å². The first-order valence-electron chi connectivity index (χ1n) is 6.90. The largest absolute Gasteiger partial charge is 0.390 e. The summed E-state index contributed by atoms with van der Waals surface area (Å²) in [6.45, 7) is 0. The van der Waals surface area contributed by atoms with Gasteiger partial charge in [0.15, 0.2) is 0 Å². The molecule has 0 radical (unpaired) electrons. The van der Waals surface area contributed by atoms with Crippen molar-refractivity contribution in [3.05, 3.63) is 30.3 Å². The highest BCUT2D eigenvalue weighted by molar-refractivity contribution is 6.22. The first-order valence-corrected chi connectivity index (χ1v) is 6.90. The van der Waals surface area contributed by atoms with Gasteiger partial charge in [-0.2, -0.15) is 0 Å². The molecular weight excluding hydrogens is 258 g/mol. The normalized spacial score (nSPS) is 42.4. The van der Waals surface area contributed by atoms with Gasteiger partial charge in [0, 0.05) is 11.8 Å². The lowest BCUT2D eigenvalue weighted by Crippen LogP contribution is -2.43. The fraction of sp³-hybridized carbons (Fsp3) is 0.467. The number of benzene rings is 1. The molecule has 1 aromatic carbocycles. The van der Waals surface area contributed by atoms with Gasteiger partial charge < -0.3 is 10.2 Å². The minimum atomic E-state index is -0.881. The first kappa shape index (κ1) is 12.1. The highest BCUT2D eigenvalue weighted by Gasteiger charge is 2.67. The van der Waals surface area contributed by atoms with Crippen LogP contribution in [0, 0.1) is 23.7 Å². The number of aliphatic hydroxyl groups is 2. The molecule has 104 valence electrons. The van der Waals surface area contributed by atoms with Crippen molar-refractivity contribution in [2.24, 2.45) is 23.7 Å². The SMILES string of the molecule is O=C1[C@@H]2[C@H]3C[C@H]([C@H](O)[C@@H]3O)[C@@H]2C(=O)N1c1ccccc1. The lowest BCUT2D eigenvalue weighted by Gasteiger charge is -2.29. The van der Waals surface area contributed by atoms with Crippen LogP contribution in [0.2, 0.25) is 0 Å².